The Hall–Kier alpha value is -15.8. The standard InChI is InChI=1S/C21H20N6O.C21H28N6.C19H16ClN5O.C19H17N5.C17H14N6/c1-12-5-4-6-14(9-12)19-23-17-11-15(21(28)22-3)7-8-16(17)20(25-19)24-18-10-13(2)26-27-18;1-13(2)16-5-6-17-18(12-16)22-20(15-7-9-27(4)10-8-15)24-21(17)23-19-11-14(3)25-26-19;1-11-9-17(25-24-11)22-19-15-8-7-14(26-2)10-16(15)21-18(23-19)12-3-5-13(20)6-4-12;1-12-8-9-15-16(10-12)20-18(14-6-4-3-5-7-14)22-19(15)21-17-11-13(2)23-24-17;1-11-9-15(23-22-11)20-17-13-6-2-3-7-14(13)19-16(21-17)12-5-4-8-18-10-12/h4-11H,1-3H3,(H,22,28)(H2,23,24,25,26,27);5-6,11-13,15H,7-10H2,1-4H3,(H2,22,23,24,25,26);3-10H,1-2H3,(H2,21,22,23,24,25);3-11H,1-2H3,(H2,20,21,22,23,24);2-10H,1H3,(H2,19,20,21,22,23). The number of benzene rings is 8. The summed E-state index contributed by atoms with van der Waals surface area (Å²) in [5.41, 5.74) is 17.0. The quantitative estimate of drug-likeness (QED) is 0.0380. The van der Waals surface area contributed by atoms with E-state index in [1.165, 1.54) is 11.1 Å². The summed E-state index contributed by atoms with van der Waals surface area (Å²) in [7, 11) is 5.42. The molecular formula is C97H95ClN28O2. The minimum atomic E-state index is -0.157. The number of aryl methyl sites for hydroxylation is 7. The monoisotopic (exact) mass is 1720 g/mol. The van der Waals surface area contributed by atoms with Crippen LogP contribution in [0.25, 0.3) is 100 Å². The van der Waals surface area contributed by atoms with Gasteiger partial charge in [0.2, 0.25) is 0 Å². The molecule has 0 saturated carbocycles. The molecule has 31 heteroatoms. The third-order valence-corrected chi connectivity index (χ3v) is 21.4. The molecule has 1 fully saturated rings. The Morgan fingerprint density at radius 2 is 0.836 bits per heavy atom. The first-order valence-corrected chi connectivity index (χ1v) is 42.2. The Morgan fingerprint density at radius 3 is 1.34 bits per heavy atom. The lowest BCUT2D eigenvalue weighted by Crippen LogP contribution is -2.30. The molecule has 128 heavy (non-hydrogen) atoms. The van der Waals surface area contributed by atoms with Crippen LogP contribution in [-0.2, 0) is 0 Å². The zero-order valence-electron chi connectivity index (χ0n) is 72.7. The number of carbonyl (C=O) groups is 1. The summed E-state index contributed by atoms with van der Waals surface area (Å²) in [6.45, 7) is 20.5. The van der Waals surface area contributed by atoms with Crippen LogP contribution in [0.15, 0.2) is 231 Å². The summed E-state index contributed by atoms with van der Waals surface area (Å²) >= 11 is 5.99. The molecule has 11 N–H and O–H groups in total. The molecule has 1 aliphatic heterocycles. The maximum Gasteiger partial charge on any atom is 0.251 e. The van der Waals surface area contributed by atoms with Gasteiger partial charge in [-0.25, -0.2) is 49.8 Å². The summed E-state index contributed by atoms with van der Waals surface area (Å²) < 4.78 is 5.33. The number of nitrogens with one attached hydrogen (secondary N) is 11. The highest BCUT2D eigenvalue weighted by molar-refractivity contribution is 6.30. The number of methoxy groups -OCH3 is 1. The number of H-pyrrole nitrogens is 5. The fourth-order valence-electron chi connectivity index (χ4n) is 14.4. The lowest BCUT2D eigenvalue weighted by molar-refractivity contribution is 0.0963. The van der Waals surface area contributed by atoms with Crippen LogP contribution in [-0.4, -0.2) is 151 Å². The average Bonchev–Trinajstić information content (AvgIpc) is 0.948. The van der Waals surface area contributed by atoms with Gasteiger partial charge >= 0.3 is 0 Å². The van der Waals surface area contributed by atoms with Crippen molar-refractivity contribution in [2.24, 2.45) is 0 Å². The van der Waals surface area contributed by atoms with Crippen molar-refractivity contribution >= 4 is 130 Å². The van der Waals surface area contributed by atoms with Crippen molar-refractivity contribution in [2.45, 2.75) is 87.0 Å². The number of amides is 1. The second-order valence-corrected chi connectivity index (χ2v) is 32.0. The Morgan fingerprint density at radius 1 is 0.406 bits per heavy atom. The van der Waals surface area contributed by atoms with Gasteiger partial charge in [0.05, 0.1) is 34.7 Å². The summed E-state index contributed by atoms with van der Waals surface area (Å²) in [4.78, 5) is 66.1. The molecular weight excluding hydrogens is 1620 g/mol. The number of likely N-dealkylation sites (tertiary alicyclic amines) is 1. The van der Waals surface area contributed by atoms with Crippen molar-refractivity contribution in [1.29, 1.82) is 0 Å². The highest BCUT2D eigenvalue weighted by Gasteiger charge is 2.25. The number of aromatic amines is 5. The fourth-order valence-corrected chi connectivity index (χ4v) is 14.5. The van der Waals surface area contributed by atoms with Crippen molar-refractivity contribution in [3.05, 3.63) is 292 Å². The number of hydrogen-bond donors (Lipinski definition) is 11. The van der Waals surface area contributed by atoms with Gasteiger partial charge in [0.25, 0.3) is 5.91 Å². The van der Waals surface area contributed by atoms with E-state index in [9.17, 15) is 4.79 Å². The lowest BCUT2D eigenvalue weighted by atomic mass is 9.95. The number of ether oxygens (including phenoxy) is 1. The number of anilines is 10. The topological polar surface area (TPSA) is 387 Å². The minimum Gasteiger partial charge on any atom is -0.497 e. The largest absolute Gasteiger partial charge is 0.497 e. The SMILES string of the molecule is CNC(=O)c1ccc2c(Nc3cc(C)[nH]n3)nc(-c3cccc(C)c3)nc2c1.COc1ccc2c(Nc3cc(C)[nH]n3)nc(-c3ccc(Cl)cc3)nc2c1.Cc1cc(Nc2nc(-c3cccnc3)nc3ccccc23)n[nH]1.Cc1cc(Nc2nc(C3CCN(C)CC3)nc3cc(C(C)C)ccc23)n[nH]1.Cc1ccc2c(Nc3cc(C)[nH]n3)nc(-c3ccccc3)nc2c1. The maximum absolute atomic E-state index is 12.1. The van der Waals surface area contributed by atoms with Gasteiger partial charge in [-0.2, -0.15) is 25.5 Å². The smallest absolute Gasteiger partial charge is 0.251 e. The third-order valence-electron chi connectivity index (χ3n) is 21.1. The van der Waals surface area contributed by atoms with Crippen LogP contribution < -0.4 is 36.6 Å². The first-order valence-electron chi connectivity index (χ1n) is 41.8. The summed E-state index contributed by atoms with van der Waals surface area (Å²) in [5, 5.41) is 60.3. The summed E-state index contributed by atoms with van der Waals surface area (Å²) in [6.07, 6.45) is 5.70. The maximum atomic E-state index is 12.1. The molecule has 19 aromatic rings. The molecule has 642 valence electrons. The average molecular weight is 1720 g/mol. The molecule has 0 radical (unpaired) electrons. The van der Waals surface area contributed by atoms with Crippen molar-refractivity contribution in [2.75, 3.05) is 60.9 Å². The van der Waals surface area contributed by atoms with Gasteiger partial charge in [-0.3, -0.25) is 35.3 Å². The van der Waals surface area contributed by atoms with E-state index in [0.717, 1.165) is 178 Å². The minimum absolute atomic E-state index is 0.157. The molecule has 11 aromatic heterocycles. The number of carbonyl (C=O) groups excluding carboxylic acids is 1. The Balaban J connectivity index is 0.000000118. The molecule has 1 saturated heterocycles. The molecule has 1 aliphatic rings. The Kier molecular flexibility index (Phi) is 26.1. The van der Waals surface area contributed by atoms with Crippen molar-refractivity contribution in [3.63, 3.8) is 0 Å². The zero-order chi connectivity index (χ0) is 88.9. The van der Waals surface area contributed by atoms with Gasteiger partial charge in [-0.05, 0) is 208 Å². The second kappa shape index (κ2) is 38.9. The van der Waals surface area contributed by atoms with E-state index in [1.54, 1.807) is 38.7 Å². The van der Waals surface area contributed by atoms with Crippen molar-refractivity contribution in [3.8, 4) is 51.3 Å². The van der Waals surface area contributed by atoms with E-state index >= 15 is 0 Å². The molecule has 1 amide bonds. The fraction of sp³-hybridized carbons (Fsp3) is 0.186. The summed E-state index contributed by atoms with van der Waals surface area (Å²) in [6, 6.07) is 70.6. The van der Waals surface area contributed by atoms with Crippen molar-refractivity contribution in [1.82, 2.24) is 116 Å². The normalized spacial score (nSPS) is 12.0. The van der Waals surface area contributed by atoms with Crippen LogP contribution in [0.1, 0.15) is 99.9 Å². The van der Waals surface area contributed by atoms with Gasteiger partial charge in [0.15, 0.2) is 52.4 Å². The van der Waals surface area contributed by atoms with E-state index in [4.69, 9.17) is 51.2 Å². The van der Waals surface area contributed by atoms with Crippen LogP contribution in [0.4, 0.5) is 58.2 Å². The van der Waals surface area contributed by atoms with Crippen LogP contribution in [0, 0.1) is 48.5 Å². The highest BCUT2D eigenvalue weighted by Crippen LogP contribution is 2.37. The Bertz CT molecular complexity index is 7120. The van der Waals surface area contributed by atoms with Crippen LogP contribution in [0.5, 0.6) is 5.75 Å². The number of hydrogen-bond acceptors (Lipinski definition) is 24. The first kappa shape index (κ1) is 85.7. The summed E-state index contributed by atoms with van der Waals surface area (Å²) in [5.74, 6) is 12.2. The van der Waals surface area contributed by atoms with E-state index in [1.807, 2.05) is 217 Å². The van der Waals surface area contributed by atoms with Crippen LogP contribution in [0.3, 0.4) is 0 Å². The molecule has 8 aromatic carbocycles. The molecule has 0 unspecified atom stereocenters. The number of halogens is 1. The highest BCUT2D eigenvalue weighted by atomic mass is 35.5. The predicted molar refractivity (Wildman–Crippen MR) is 508 cm³/mol. The zero-order valence-corrected chi connectivity index (χ0v) is 73.5. The van der Waals surface area contributed by atoms with Gasteiger partial charge in [0.1, 0.15) is 40.7 Å². The predicted octanol–water partition coefficient (Wildman–Crippen LogP) is 20.7. The van der Waals surface area contributed by atoms with Crippen LogP contribution in [0.2, 0.25) is 5.02 Å². The molecule has 30 nitrogen and oxygen atoms in total. The molecule has 0 spiro atoms. The van der Waals surface area contributed by atoms with E-state index < -0.39 is 0 Å². The molecule has 20 rings (SSSR count). The van der Waals surface area contributed by atoms with Gasteiger partial charge in [-0.1, -0.05) is 104 Å². The number of nitrogens with zero attached hydrogens (tertiary/aromatic N) is 17. The van der Waals surface area contributed by atoms with Gasteiger partial charge in [-0.15, -0.1) is 0 Å². The number of para-hydroxylation sites is 1. The number of pyridine rings is 1. The van der Waals surface area contributed by atoms with E-state index in [0.29, 0.717) is 74.5 Å². The number of piperidine rings is 1. The second-order valence-electron chi connectivity index (χ2n) is 31.5. The van der Waals surface area contributed by atoms with E-state index in [-0.39, 0.29) is 5.91 Å². The molecule has 12 heterocycles. The number of fused-ring (bicyclic) bond motifs is 5. The molecule has 0 aliphatic carbocycles. The van der Waals surface area contributed by atoms with Crippen LogP contribution >= 0.6 is 11.6 Å². The number of rotatable bonds is 18. The third kappa shape index (κ3) is 21.0. The molecule has 0 bridgehead atoms. The van der Waals surface area contributed by atoms with E-state index in [2.05, 4.69) is 166 Å². The lowest BCUT2D eigenvalue weighted by Gasteiger charge is -2.28. The van der Waals surface area contributed by atoms with Crippen molar-refractivity contribution < 1.29 is 9.53 Å². The number of aromatic nitrogens is 21. The molecule has 0 atom stereocenters. The first-order chi connectivity index (χ1) is 62.1. The van der Waals surface area contributed by atoms with Gasteiger partial charge < -0.3 is 41.5 Å². The van der Waals surface area contributed by atoms with Gasteiger partial charge in [0, 0.05) is 150 Å². The Labute approximate surface area is 743 Å².